The van der Waals surface area contributed by atoms with Gasteiger partial charge in [-0.3, -0.25) is 4.90 Å². The standard InChI is InChI=1S/C16H30N2/c1-13-10-17-15(16(2,3)4)12-18(13)11-14-8-6-5-7-9-14/h5-6,13-15,17H,7-12H2,1-4H3. The minimum absolute atomic E-state index is 0.366. The van der Waals surface area contributed by atoms with Crippen LogP contribution in [0.25, 0.3) is 0 Å². The number of piperazine rings is 1. The van der Waals surface area contributed by atoms with E-state index in [0.29, 0.717) is 17.5 Å². The summed E-state index contributed by atoms with van der Waals surface area (Å²) < 4.78 is 0. The number of nitrogens with one attached hydrogen (secondary N) is 1. The van der Waals surface area contributed by atoms with Crippen molar-refractivity contribution in [2.75, 3.05) is 19.6 Å². The van der Waals surface area contributed by atoms with Crippen molar-refractivity contribution in [2.45, 2.75) is 59.0 Å². The normalized spacial score (nSPS) is 34.8. The van der Waals surface area contributed by atoms with E-state index in [9.17, 15) is 0 Å². The molecule has 2 nitrogen and oxygen atoms in total. The topological polar surface area (TPSA) is 15.3 Å². The maximum Gasteiger partial charge on any atom is 0.0244 e. The average molecular weight is 250 g/mol. The predicted molar refractivity (Wildman–Crippen MR) is 78.8 cm³/mol. The van der Waals surface area contributed by atoms with Crippen LogP contribution in [0, 0.1) is 11.3 Å². The number of rotatable bonds is 2. The smallest absolute Gasteiger partial charge is 0.0244 e. The SMILES string of the molecule is CC1CNC(C(C)(C)C)CN1CC1CC=CCC1. The molecule has 0 spiro atoms. The number of nitrogens with zero attached hydrogens (tertiary/aromatic N) is 1. The number of allylic oxidation sites excluding steroid dienone is 2. The van der Waals surface area contributed by atoms with Crippen LogP contribution in [0.2, 0.25) is 0 Å². The van der Waals surface area contributed by atoms with E-state index in [2.05, 4.69) is 50.1 Å². The summed E-state index contributed by atoms with van der Waals surface area (Å²) in [6, 6.07) is 1.32. The minimum atomic E-state index is 0.366. The molecule has 0 aromatic heterocycles. The van der Waals surface area contributed by atoms with Gasteiger partial charge in [0, 0.05) is 31.7 Å². The quantitative estimate of drug-likeness (QED) is 0.758. The molecule has 2 rings (SSSR count). The zero-order chi connectivity index (χ0) is 13.2. The van der Waals surface area contributed by atoms with E-state index in [1.165, 1.54) is 32.4 Å². The molecule has 0 radical (unpaired) electrons. The third-order valence-electron chi connectivity index (χ3n) is 4.62. The molecule has 1 fully saturated rings. The summed E-state index contributed by atoms with van der Waals surface area (Å²) in [6.07, 6.45) is 8.68. The Hall–Kier alpha value is -0.340. The van der Waals surface area contributed by atoms with Gasteiger partial charge in [0.15, 0.2) is 0 Å². The van der Waals surface area contributed by atoms with E-state index in [1.807, 2.05) is 0 Å². The highest BCUT2D eigenvalue weighted by Crippen LogP contribution is 2.26. The maximum absolute atomic E-state index is 3.72. The Labute approximate surface area is 113 Å². The van der Waals surface area contributed by atoms with Crippen LogP contribution in [0.4, 0.5) is 0 Å². The Bertz CT molecular complexity index is 290. The van der Waals surface area contributed by atoms with Gasteiger partial charge in [-0.2, -0.15) is 0 Å². The first-order chi connectivity index (χ1) is 8.47. The Morgan fingerprint density at radius 1 is 1.28 bits per heavy atom. The van der Waals surface area contributed by atoms with Gasteiger partial charge in [-0.25, -0.2) is 0 Å². The highest BCUT2D eigenvalue weighted by Gasteiger charge is 2.33. The summed E-state index contributed by atoms with van der Waals surface area (Å²) in [6.45, 7) is 13.1. The monoisotopic (exact) mass is 250 g/mol. The van der Waals surface area contributed by atoms with E-state index in [1.54, 1.807) is 0 Å². The predicted octanol–water partition coefficient (Wildman–Crippen LogP) is 3.05. The molecule has 1 heterocycles. The fourth-order valence-electron chi connectivity index (χ4n) is 3.11. The molecule has 1 aliphatic heterocycles. The van der Waals surface area contributed by atoms with Crippen LogP contribution in [0.15, 0.2) is 12.2 Å². The largest absolute Gasteiger partial charge is 0.311 e. The number of hydrogen-bond acceptors (Lipinski definition) is 2. The van der Waals surface area contributed by atoms with Gasteiger partial charge in [-0.15, -0.1) is 0 Å². The summed E-state index contributed by atoms with van der Waals surface area (Å²) in [5.41, 5.74) is 0.366. The van der Waals surface area contributed by atoms with E-state index >= 15 is 0 Å². The van der Waals surface area contributed by atoms with Crippen molar-refractivity contribution in [3.63, 3.8) is 0 Å². The summed E-state index contributed by atoms with van der Waals surface area (Å²) in [7, 11) is 0. The fraction of sp³-hybridized carbons (Fsp3) is 0.875. The Morgan fingerprint density at radius 3 is 2.67 bits per heavy atom. The van der Waals surface area contributed by atoms with Crippen molar-refractivity contribution >= 4 is 0 Å². The Morgan fingerprint density at radius 2 is 2.06 bits per heavy atom. The van der Waals surface area contributed by atoms with Gasteiger partial charge in [0.2, 0.25) is 0 Å². The summed E-state index contributed by atoms with van der Waals surface area (Å²) in [5, 5.41) is 3.72. The second kappa shape index (κ2) is 5.75. The molecular weight excluding hydrogens is 220 g/mol. The van der Waals surface area contributed by atoms with Crippen LogP contribution < -0.4 is 5.32 Å². The van der Waals surface area contributed by atoms with Crippen molar-refractivity contribution in [2.24, 2.45) is 11.3 Å². The molecular formula is C16H30N2. The van der Waals surface area contributed by atoms with Gasteiger partial charge in [-0.1, -0.05) is 32.9 Å². The average Bonchev–Trinajstić information content (AvgIpc) is 2.32. The molecule has 3 unspecified atom stereocenters. The lowest BCUT2D eigenvalue weighted by molar-refractivity contribution is 0.0781. The first kappa shape index (κ1) is 14.1. The van der Waals surface area contributed by atoms with Crippen LogP contribution >= 0.6 is 0 Å². The van der Waals surface area contributed by atoms with Crippen LogP contribution in [-0.4, -0.2) is 36.6 Å². The highest BCUT2D eigenvalue weighted by atomic mass is 15.2. The van der Waals surface area contributed by atoms with Gasteiger partial charge >= 0.3 is 0 Å². The third-order valence-corrected chi connectivity index (χ3v) is 4.62. The first-order valence-electron chi connectivity index (χ1n) is 7.59. The van der Waals surface area contributed by atoms with E-state index in [0.717, 1.165) is 12.5 Å². The molecule has 0 bridgehead atoms. The molecule has 1 N–H and O–H groups in total. The molecule has 1 saturated heterocycles. The molecule has 18 heavy (non-hydrogen) atoms. The lowest BCUT2D eigenvalue weighted by Crippen LogP contribution is -2.60. The van der Waals surface area contributed by atoms with E-state index in [-0.39, 0.29) is 0 Å². The van der Waals surface area contributed by atoms with Crippen LogP contribution in [-0.2, 0) is 0 Å². The van der Waals surface area contributed by atoms with Crippen LogP contribution in [0.1, 0.15) is 47.0 Å². The Kier molecular flexibility index (Phi) is 4.50. The van der Waals surface area contributed by atoms with Gasteiger partial charge in [0.25, 0.3) is 0 Å². The van der Waals surface area contributed by atoms with Crippen molar-refractivity contribution < 1.29 is 0 Å². The van der Waals surface area contributed by atoms with Crippen LogP contribution in [0.3, 0.4) is 0 Å². The van der Waals surface area contributed by atoms with Gasteiger partial charge in [0.05, 0.1) is 0 Å². The summed E-state index contributed by atoms with van der Waals surface area (Å²) >= 11 is 0. The van der Waals surface area contributed by atoms with Crippen LogP contribution in [0.5, 0.6) is 0 Å². The molecule has 0 amide bonds. The molecule has 1 aliphatic carbocycles. The van der Waals surface area contributed by atoms with Crippen molar-refractivity contribution in [3.8, 4) is 0 Å². The fourth-order valence-corrected chi connectivity index (χ4v) is 3.11. The summed E-state index contributed by atoms with van der Waals surface area (Å²) in [4.78, 5) is 2.72. The molecule has 3 atom stereocenters. The lowest BCUT2D eigenvalue weighted by atomic mass is 9.84. The van der Waals surface area contributed by atoms with Gasteiger partial charge in [0.1, 0.15) is 0 Å². The highest BCUT2D eigenvalue weighted by molar-refractivity contribution is 4.94. The molecule has 0 aromatic carbocycles. The molecule has 0 saturated carbocycles. The number of hydrogen-bond donors (Lipinski definition) is 1. The van der Waals surface area contributed by atoms with Crippen molar-refractivity contribution in [3.05, 3.63) is 12.2 Å². The zero-order valence-corrected chi connectivity index (χ0v) is 12.6. The van der Waals surface area contributed by atoms with E-state index < -0.39 is 0 Å². The second-order valence-corrected chi connectivity index (χ2v) is 7.28. The molecule has 2 heteroatoms. The Balaban J connectivity index is 1.91. The molecule has 0 aromatic rings. The van der Waals surface area contributed by atoms with Crippen molar-refractivity contribution in [1.29, 1.82) is 0 Å². The molecule has 104 valence electrons. The zero-order valence-electron chi connectivity index (χ0n) is 12.6. The first-order valence-corrected chi connectivity index (χ1v) is 7.59. The lowest BCUT2D eigenvalue weighted by Gasteiger charge is -2.45. The second-order valence-electron chi connectivity index (χ2n) is 7.28. The van der Waals surface area contributed by atoms with Gasteiger partial charge < -0.3 is 5.32 Å². The summed E-state index contributed by atoms with van der Waals surface area (Å²) in [5.74, 6) is 0.885. The van der Waals surface area contributed by atoms with Gasteiger partial charge in [-0.05, 0) is 37.5 Å². The minimum Gasteiger partial charge on any atom is -0.311 e. The van der Waals surface area contributed by atoms with E-state index in [4.69, 9.17) is 0 Å². The van der Waals surface area contributed by atoms with Crippen molar-refractivity contribution in [1.82, 2.24) is 10.2 Å². The maximum atomic E-state index is 3.72. The third kappa shape index (κ3) is 3.58. The molecule has 2 aliphatic rings.